The molecule has 0 aliphatic rings. The molecule has 0 aliphatic carbocycles. The first-order valence-corrected chi connectivity index (χ1v) is 8.16. The van der Waals surface area contributed by atoms with Crippen LogP contribution in [0.1, 0.15) is 11.1 Å². The molecule has 28 heavy (non-hydrogen) atoms. The van der Waals surface area contributed by atoms with Crippen molar-refractivity contribution in [2.45, 2.75) is 12.6 Å². The number of hydrogen-bond acceptors (Lipinski definition) is 5. The van der Waals surface area contributed by atoms with Crippen LogP contribution in [0, 0.1) is 10.1 Å². The molecule has 0 bridgehead atoms. The zero-order valence-corrected chi connectivity index (χ0v) is 15.5. The molecule has 0 fully saturated rings. The number of halogens is 5. The molecule has 11 heteroatoms. The molecule has 0 spiro atoms. The third-order valence-corrected chi connectivity index (χ3v) is 4.27. The number of alkyl halides is 3. The number of Topliss-reactive ketones (excluding diaryl/α,β-unsaturated/α-hetero) is 1. The van der Waals surface area contributed by atoms with Gasteiger partial charge < -0.3 is 4.74 Å². The van der Waals surface area contributed by atoms with E-state index in [0.717, 1.165) is 13.2 Å². The van der Waals surface area contributed by atoms with Crippen molar-refractivity contribution in [2.75, 3.05) is 7.11 Å². The number of nitrogens with zero attached hydrogens (tertiary/aromatic N) is 1. The number of benzene rings is 2. The molecule has 0 amide bonds. The second kappa shape index (κ2) is 8.15. The van der Waals surface area contributed by atoms with Gasteiger partial charge in [0, 0.05) is 21.7 Å². The Morgan fingerprint density at radius 1 is 1.18 bits per heavy atom. The summed E-state index contributed by atoms with van der Waals surface area (Å²) in [6.45, 7) is 0. The van der Waals surface area contributed by atoms with Gasteiger partial charge in [-0.1, -0.05) is 29.3 Å². The summed E-state index contributed by atoms with van der Waals surface area (Å²) < 4.78 is 44.9. The van der Waals surface area contributed by atoms with Crippen molar-refractivity contribution < 1.29 is 32.4 Å². The number of rotatable bonds is 5. The van der Waals surface area contributed by atoms with Gasteiger partial charge in [0.2, 0.25) is 5.78 Å². The summed E-state index contributed by atoms with van der Waals surface area (Å²) in [5.74, 6) is -2.76. The molecular weight excluding hydrogens is 426 g/mol. The summed E-state index contributed by atoms with van der Waals surface area (Å²) in [5.41, 5.74) is -3.48. The summed E-state index contributed by atoms with van der Waals surface area (Å²) >= 11 is 11.8. The first kappa shape index (κ1) is 21.6. The zero-order valence-electron chi connectivity index (χ0n) is 14.0. The lowest BCUT2D eigenvalue weighted by atomic mass is 9.94. The highest BCUT2D eigenvalue weighted by Crippen LogP contribution is 2.41. The second-order valence-corrected chi connectivity index (χ2v) is 6.34. The Bertz CT molecular complexity index is 976. The molecule has 0 unspecified atom stereocenters. The molecule has 0 saturated heterocycles. The van der Waals surface area contributed by atoms with Crippen molar-refractivity contribution in [1.82, 2.24) is 0 Å². The number of carbonyl (C=O) groups excluding carboxylic acids is 2. The monoisotopic (exact) mass is 435 g/mol. The van der Waals surface area contributed by atoms with Gasteiger partial charge in [0.1, 0.15) is 0 Å². The molecule has 2 rings (SSSR count). The van der Waals surface area contributed by atoms with Crippen LogP contribution in [0.25, 0.3) is 11.1 Å². The van der Waals surface area contributed by atoms with E-state index in [0.29, 0.717) is 6.07 Å². The summed E-state index contributed by atoms with van der Waals surface area (Å²) in [6, 6.07) is 5.41. The highest BCUT2D eigenvalue weighted by molar-refractivity contribution is 6.36. The third kappa shape index (κ3) is 4.60. The van der Waals surface area contributed by atoms with Crippen LogP contribution in [-0.2, 0) is 26.9 Å². The van der Waals surface area contributed by atoms with Crippen LogP contribution in [0.15, 0.2) is 30.3 Å². The summed E-state index contributed by atoms with van der Waals surface area (Å²) in [4.78, 5) is 33.3. The Labute approximate surface area is 166 Å². The molecule has 2 aromatic rings. The molecule has 0 radical (unpaired) electrons. The lowest BCUT2D eigenvalue weighted by Gasteiger charge is -2.15. The predicted molar refractivity (Wildman–Crippen MR) is 94.3 cm³/mol. The molecular formula is C17H10Cl2F3NO5. The Morgan fingerprint density at radius 2 is 1.82 bits per heavy atom. The number of ether oxygens (including phenoxy) is 1. The van der Waals surface area contributed by atoms with E-state index in [1.165, 1.54) is 18.2 Å². The Morgan fingerprint density at radius 3 is 2.32 bits per heavy atom. The fraction of sp³-hybridized carbons (Fsp3) is 0.176. The quantitative estimate of drug-likeness (QED) is 0.289. The largest absolute Gasteiger partial charge is 0.463 e. The molecule has 0 saturated carbocycles. The van der Waals surface area contributed by atoms with Gasteiger partial charge in [-0.3, -0.25) is 14.9 Å². The minimum absolute atomic E-state index is 0.0201. The number of ketones is 1. The third-order valence-electron chi connectivity index (χ3n) is 3.72. The van der Waals surface area contributed by atoms with E-state index in [4.69, 9.17) is 23.2 Å². The maximum atomic E-state index is 13.6. The number of nitro benzene ring substituents is 1. The van der Waals surface area contributed by atoms with Gasteiger partial charge in [0.15, 0.2) is 0 Å². The minimum Gasteiger partial charge on any atom is -0.463 e. The van der Waals surface area contributed by atoms with Crippen LogP contribution in [0.4, 0.5) is 18.9 Å². The van der Waals surface area contributed by atoms with Crippen LogP contribution in [0.3, 0.4) is 0 Å². The first-order valence-electron chi connectivity index (χ1n) is 7.40. The highest BCUT2D eigenvalue weighted by Gasteiger charge is 2.39. The average Bonchev–Trinajstić information content (AvgIpc) is 2.60. The SMILES string of the molecule is COC(=O)C(=O)Cc1c([N+](=O)[O-])cc(-c2ccc(Cl)cc2Cl)cc1C(F)(F)F. The predicted octanol–water partition coefficient (Wildman–Crippen LogP) is 4.87. The average molecular weight is 436 g/mol. The Kier molecular flexibility index (Phi) is 6.30. The van der Waals surface area contributed by atoms with E-state index in [1.54, 1.807) is 0 Å². The van der Waals surface area contributed by atoms with E-state index >= 15 is 0 Å². The smallest absolute Gasteiger partial charge is 0.416 e. The van der Waals surface area contributed by atoms with Gasteiger partial charge in [-0.05, 0) is 23.8 Å². The topological polar surface area (TPSA) is 86.5 Å². The molecule has 0 heterocycles. The van der Waals surface area contributed by atoms with Crippen LogP contribution < -0.4 is 0 Å². The van der Waals surface area contributed by atoms with E-state index in [1.807, 2.05) is 0 Å². The van der Waals surface area contributed by atoms with Gasteiger partial charge in [-0.2, -0.15) is 13.2 Å². The van der Waals surface area contributed by atoms with Crippen LogP contribution in [0.5, 0.6) is 0 Å². The number of carbonyl (C=O) groups is 2. The van der Waals surface area contributed by atoms with Crippen molar-refractivity contribution in [3.8, 4) is 11.1 Å². The van der Waals surface area contributed by atoms with Gasteiger partial charge in [0.05, 0.1) is 29.6 Å². The maximum Gasteiger partial charge on any atom is 0.416 e. The highest BCUT2D eigenvalue weighted by atomic mass is 35.5. The molecule has 0 N–H and O–H groups in total. The normalized spacial score (nSPS) is 11.2. The van der Waals surface area contributed by atoms with Crippen LogP contribution in [-0.4, -0.2) is 23.8 Å². The van der Waals surface area contributed by atoms with Crippen molar-refractivity contribution in [2.24, 2.45) is 0 Å². The number of methoxy groups -OCH3 is 1. The van der Waals surface area contributed by atoms with E-state index in [2.05, 4.69) is 4.74 Å². The van der Waals surface area contributed by atoms with Gasteiger partial charge >= 0.3 is 12.1 Å². The van der Waals surface area contributed by atoms with Gasteiger partial charge in [-0.15, -0.1) is 0 Å². The fourth-order valence-corrected chi connectivity index (χ4v) is 3.00. The van der Waals surface area contributed by atoms with Gasteiger partial charge in [0.25, 0.3) is 5.69 Å². The summed E-state index contributed by atoms with van der Waals surface area (Å²) in [5, 5.41) is 11.6. The first-order chi connectivity index (χ1) is 13.0. The minimum atomic E-state index is -5.04. The van der Waals surface area contributed by atoms with E-state index in [-0.39, 0.29) is 21.2 Å². The standard InChI is InChI=1S/C17H10Cl2F3NO5/c1-28-16(25)15(24)7-11-12(17(20,21)22)4-8(5-14(11)23(26)27)10-3-2-9(18)6-13(10)19/h2-6H,7H2,1H3. The molecule has 148 valence electrons. The maximum absolute atomic E-state index is 13.6. The fourth-order valence-electron chi connectivity index (χ4n) is 2.48. The lowest BCUT2D eigenvalue weighted by Crippen LogP contribution is -2.21. The van der Waals surface area contributed by atoms with Crippen molar-refractivity contribution in [3.05, 3.63) is 61.6 Å². The molecule has 0 aromatic heterocycles. The van der Waals surface area contributed by atoms with E-state index < -0.39 is 46.1 Å². The van der Waals surface area contributed by atoms with Crippen LogP contribution in [0.2, 0.25) is 10.0 Å². The second-order valence-electron chi connectivity index (χ2n) is 5.49. The number of hydrogen-bond donors (Lipinski definition) is 0. The molecule has 2 aromatic carbocycles. The Hall–Kier alpha value is -2.65. The molecule has 6 nitrogen and oxygen atoms in total. The molecule has 0 atom stereocenters. The molecule has 0 aliphatic heterocycles. The Balaban J connectivity index is 2.76. The lowest BCUT2D eigenvalue weighted by molar-refractivity contribution is -0.385. The van der Waals surface area contributed by atoms with Crippen molar-refractivity contribution >= 4 is 40.6 Å². The van der Waals surface area contributed by atoms with E-state index in [9.17, 15) is 32.9 Å². The number of esters is 1. The van der Waals surface area contributed by atoms with Crippen molar-refractivity contribution in [3.63, 3.8) is 0 Å². The number of nitro groups is 1. The van der Waals surface area contributed by atoms with Crippen molar-refractivity contribution in [1.29, 1.82) is 0 Å². The summed E-state index contributed by atoms with van der Waals surface area (Å²) in [6.07, 6.45) is -6.18. The van der Waals surface area contributed by atoms with Gasteiger partial charge in [-0.25, -0.2) is 4.79 Å². The van der Waals surface area contributed by atoms with Crippen LogP contribution >= 0.6 is 23.2 Å². The zero-order chi connectivity index (χ0) is 21.2. The summed E-state index contributed by atoms with van der Waals surface area (Å²) in [7, 11) is 0.866.